The molecule has 1 heterocycles. The van der Waals surface area contributed by atoms with Crippen LogP contribution in [-0.2, 0) is 20.4 Å². The maximum absolute atomic E-state index is 12.7. The molecular formula is C31H51NO4Si2. The van der Waals surface area contributed by atoms with E-state index >= 15 is 0 Å². The van der Waals surface area contributed by atoms with Gasteiger partial charge in [-0.3, -0.25) is 0 Å². The van der Waals surface area contributed by atoms with Crippen molar-refractivity contribution >= 4 is 39.5 Å². The molecule has 212 valence electrons. The first-order chi connectivity index (χ1) is 17.4. The Morgan fingerprint density at radius 2 is 1.63 bits per heavy atom. The quantitative estimate of drug-likeness (QED) is 0.139. The summed E-state index contributed by atoms with van der Waals surface area (Å²) in [5.74, 6) is -0.426. The molecule has 38 heavy (non-hydrogen) atoms. The highest BCUT2D eigenvalue weighted by molar-refractivity contribution is 6.79. The Morgan fingerprint density at radius 1 is 1.03 bits per heavy atom. The normalized spacial score (nSPS) is 14.3. The molecule has 0 aliphatic rings. The number of para-hydroxylation sites is 1. The fourth-order valence-electron chi connectivity index (χ4n) is 4.32. The molecule has 0 saturated heterocycles. The van der Waals surface area contributed by atoms with Crippen molar-refractivity contribution in [3.05, 3.63) is 52.7 Å². The van der Waals surface area contributed by atoms with Gasteiger partial charge in [-0.05, 0) is 65.4 Å². The van der Waals surface area contributed by atoms with Crippen LogP contribution >= 0.6 is 0 Å². The largest absolute Gasteiger partial charge is 0.465 e. The fourth-order valence-corrected chi connectivity index (χ4v) is 7.64. The Bertz CT molecular complexity index is 1180. The molecule has 0 saturated carbocycles. The van der Waals surface area contributed by atoms with Gasteiger partial charge in [-0.2, -0.15) is 0 Å². The number of aliphatic hydroxyl groups excluding tert-OH is 1. The first kappa shape index (κ1) is 32.3. The van der Waals surface area contributed by atoms with Gasteiger partial charge in [0.1, 0.15) is 0 Å². The molecule has 0 atom stereocenters. The highest BCUT2D eigenvalue weighted by Crippen LogP contribution is 2.42. The Hall–Kier alpha value is -1.94. The first-order valence-corrected chi connectivity index (χ1v) is 19.7. The van der Waals surface area contributed by atoms with Gasteiger partial charge in [0.15, 0.2) is 16.6 Å². The number of aromatic nitrogens is 1. The zero-order chi connectivity index (χ0) is 29.1. The van der Waals surface area contributed by atoms with Crippen LogP contribution in [0, 0.1) is 0 Å². The molecule has 1 N–H and O–H groups in total. The summed E-state index contributed by atoms with van der Waals surface area (Å²) in [6.07, 6.45) is 5.27. The number of hydrogen-bond acceptors (Lipinski definition) is 4. The molecule has 2 rings (SSSR count). The number of nitrogens with zero attached hydrogens (tertiary/aromatic N) is 1. The summed E-state index contributed by atoms with van der Waals surface area (Å²) in [5.41, 5.74) is 4.68. The van der Waals surface area contributed by atoms with E-state index < -0.39 is 22.5 Å². The summed E-state index contributed by atoms with van der Waals surface area (Å²) >= 11 is 0. The van der Waals surface area contributed by atoms with E-state index in [4.69, 9.17) is 9.16 Å². The minimum Gasteiger partial charge on any atom is -0.465 e. The lowest BCUT2D eigenvalue weighted by Crippen LogP contribution is -2.46. The molecule has 1 aromatic heterocycles. The summed E-state index contributed by atoms with van der Waals surface area (Å²) in [4.78, 5) is 12.7. The summed E-state index contributed by atoms with van der Waals surface area (Å²) < 4.78 is 14.3. The van der Waals surface area contributed by atoms with Crippen molar-refractivity contribution in [1.82, 2.24) is 4.23 Å². The predicted molar refractivity (Wildman–Crippen MR) is 167 cm³/mol. The van der Waals surface area contributed by atoms with Crippen LogP contribution in [0.5, 0.6) is 0 Å². The fraction of sp³-hybridized carbons (Fsp3) is 0.581. The van der Waals surface area contributed by atoms with E-state index in [1.54, 1.807) is 0 Å². The van der Waals surface area contributed by atoms with E-state index in [1.807, 2.05) is 13.0 Å². The maximum Gasteiger partial charge on any atom is 0.337 e. The second-order valence-corrected chi connectivity index (χ2v) is 23.1. The number of carbonyl (C=O) groups excluding carboxylic acids is 1. The number of esters is 1. The van der Waals surface area contributed by atoms with E-state index in [0.29, 0.717) is 24.2 Å². The molecule has 0 bridgehead atoms. The summed E-state index contributed by atoms with van der Waals surface area (Å²) in [6, 6.07) is 8.63. The third kappa shape index (κ3) is 6.61. The van der Waals surface area contributed by atoms with E-state index in [-0.39, 0.29) is 16.7 Å². The van der Waals surface area contributed by atoms with Crippen molar-refractivity contribution in [2.45, 2.75) is 97.6 Å². The zero-order valence-electron chi connectivity index (χ0n) is 25.9. The van der Waals surface area contributed by atoms with Crippen LogP contribution in [0.3, 0.4) is 0 Å². The van der Waals surface area contributed by atoms with Crippen LogP contribution in [-0.4, -0.2) is 52.2 Å². The highest BCUT2D eigenvalue weighted by atomic mass is 28.4. The van der Waals surface area contributed by atoms with Gasteiger partial charge < -0.3 is 18.5 Å². The van der Waals surface area contributed by atoms with Gasteiger partial charge in [-0.1, -0.05) is 79.8 Å². The monoisotopic (exact) mass is 557 g/mol. The van der Waals surface area contributed by atoms with Gasteiger partial charge in [0, 0.05) is 23.2 Å². The number of ether oxygens (including phenoxy) is 1. The van der Waals surface area contributed by atoms with Crippen LogP contribution in [0.25, 0.3) is 17.0 Å². The lowest BCUT2D eigenvalue weighted by atomic mass is 10.0. The minimum atomic E-state index is -2.07. The number of hydrogen-bond donors (Lipinski definition) is 1. The number of rotatable bonds is 10. The van der Waals surface area contributed by atoms with Gasteiger partial charge in [0.25, 0.3) is 0 Å². The molecule has 0 spiro atoms. The third-order valence-corrected chi connectivity index (χ3v) is 18.7. The van der Waals surface area contributed by atoms with Crippen molar-refractivity contribution in [3.8, 4) is 0 Å². The first-order valence-electron chi connectivity index (χ1n) is 13.8. The van der Waals surface area contributed by atoms with Gasteiger partial charge in [-0.15, -0.1) is 0 Å². The topological polar surface area (TPSA) is 60.7 Å². The summed E-state index contributed by atoms with van der Waals surface area (Å²) in [7, 11) is -2.59. The minimum absolute atomic E-state index is 0.0903. The van der Waals surface area contributed by atoms with Gasteiger partial charge in [-0.25, -0.2) is 4.79 Å². The second kappa shape index (κ2) is 12.1. The molecule has 5 nitrogen and oxygen atoms in total. The summed E-state index contributed by atoms with van der Waals surface area (Å²) in [5, 5.41) is 11.4. The number of aliphatic hydroxyl groups is 1. The molecule has 0 fully saturated rings. The third-order valence-electron chi connectivity index (χ3n) is 8.85. The van der Waals surface area contributed by atoms with E-state index in [2.05, 4.69) is 102 Å². The van der Waals surface area contributed by atoms with Crippen molar-refractivity contribution in [2.75, 3.05) is 20.3 Å². The molecule has 0 radical (unpaired) electrons. The van der Waals surface area contributed by atoms with Crippen LogP contribution in [0.1, 0.15) is 66.1 Å². The number of carbonyl (C=O) groups is 1. The molecular weight excluding hydrogens is 507 g/mol. The maximum atomic E-state index is 12.7. The van der Waals surface area contributed by atoms with Gasteiger partial charge in [0.2, 0.25) is 0 Å². The van der Waals surface area contributed by atoms with Crippen LogP contribution in [0.4, 0.5) is 0 Å². The van der Waals surface area contributed by atoms with Gasteiger partial charge in [0.05, 0.1) is 19.3 Å². The van der Waals surface area contributed by atoms with Crippen LogP contribution in [0.2, 0.25) is 36.3 Å². The molecule has 2 aromatic rings. The SMILES string of the molecule is CC/C(CO)=C(/C=C/c1c(CCO[Si](C)(C)C(C)(C)C)c2ccccc2n1[Si](C)(C)C(C)(C)C)C(=O)OC. The van der Waals surface area contributed by atoms with Crippen LogP contribution < -0.4 is 0 Å². The zero-order valence-corrected chi connectivity index (χ0v) is 27.9. The van der Waals surface area contributed by atoms with E-state index in [9.17, 15) is 9.90 Å². The van der Waals surface area contributed by atoms with Crippen LogP contribution in [0.15, 0.2) is 41.5 Å². The molecule has 1 aromatic carbocycles. The lowest BCUT2D eigenvalue weighted by molar-refractivity contribution is -0.135. The van der Waals surface area contributed by atoms with E-state index in [0.717, 1.165) is 12.1 Å². The summed E-state index contributed by atoms with van der Waals surface area (Å²) in [6.45, 7) is 25.6. The number of fused-ring (bicyclic) bond motifs is 1. The number of benzene rings is 1. The molecule has 0 unspecified atom stereocenters. The van der Waals surface area contributed by atoms with Crippen molar-refractivity contribution in [1.29, 1.82) is 0 Å². The molecule has 0 amide bonds. The molecule has 0 aliphatic heterocycles. The second-order valence-electron chi connectivity index (χ2n) is 13.2. The Kier molecular flexibility index (Phi) is 10.3. The molecule has 7 heteroatoms. The van der Waals surface area contributed by atoms with Crippen molar-refractivity contribution < 1.29 is 19.1 Å². The van der Waals surface area contributed by atoms with E-state index in [1.165, 1.54) is 23.6 Å². The average molecular weight is 558 g/mol. The average Bonchev–Trinajstić information content (AvgIpc) is 3.13. The Balaban J connectivity index is 2.82. The highest BCUT2D eigenvalue weighted by Gasteiger charge is 2.41. The van der Waals surface area contributed by atoms with Crippen molar-refractivity contribution in [2.24, 2.45) is 0 Å². The smallest absolute Gasteiger partial charge is 0.337 e. The van der Waals surface area contributed by atoms with Gasteiger partial charge >= 0.3 is 5.97 Å². The number of methoxy groups -OCH3 is 1. The predicted octanol–water partition coefficient (Wildman–Crippen LogP) is 7.94. The Labute approximate surface area is 233 Å². The Morgan fingerprint density at radius 3 is 2.13 bits per heavy atom. The standard InChI is InChI=1S/C31H51NO4Si2/c1-13-23(22-33)24(29(34)35-8)18-19-28-26(20-21-36-38(11,12)31(5,6)7)25-16-14-15-17-27(25)32(28)37(9,10)30(2,3)4/h14-19,33H,13,20-22H2,1-12H3/b19-18+,24-23+. The lowest BCUT2D eigenvalue weighted by Gasteiger charge is -2.39. The molecule has 0 aliphatic carbocycles. The van der Waals surface area contributed by atoms with Crippen molar-refractivity contribution in [3.63, 3.8) is 0 Å².